The van der Waals surface area contributed by atoms with Crippen LogP contribution in [0.5, 0.6) is 0 Å². The molecule has 1 saturated heterocycles. The molecule has 0 unspecified atom stereocenters. The van der Waals surface area contributed by atoms with Gasteiger partial charge in [-0.3, -0.25) is 9.69 Å². The SMILES string of the molecule is C[C@@](O)(C(=O)N1CCN(Cc2ccccc2)CC1)C(F)(F)F. The van der Waals surface area contributed by atoms with Crippen LogP contribution in [0, 0.1) is 0 Å². The Hall–Kier alpha value is -1.60. The third kappa shape index (κ3) is 3.59. The van der Waals surface area contributed by atoms with Crippen LogP contribution in [0.4, 0.5) is 13.2 Å². The van der Waals surface area contributed by atoms with Gasteiger partial charge in [-0.25, -0.2) is 0 Å². The van der Waals surface area contributed by atoms with Crippen LogP contribution >= 0.6 is 0 Å². The minimum absolute atomic E-state index is 0.178. The van der Waals surface area contributed by atoms with Crippen molar-refractivity contribution in [1.82, 2.24) is 9.80 Å². The van der Waals surface area contributed by atoms with Crippen molar-refractivity contribution in [3.63, 3.8) is 0 Å². The van der Waals surface area contributed by atoms with Crippen LogP contribution < -0.4 is 0 Å². The van der Waals surface area contributed by atoms with E-state index < -0.39 is 17.7 Å². The Labute approximate surface area is 127 Å². The Morgan fingerprint density at radius 3 is 2.18 bits per heavy atom. The van der Waals surface area contributed by atoms with E-state index in [2.05, 4.69) is 4.90 Å². The first-order chi connectivity index (χ1) is 10.2. The van der Waals surface area contributed by atoms with Crippen molar-refractivity contribution in [2.24, 2.45) is 0 Å². The molecule has 0 radical (unpaired) electrons. The molecule has 1 aromatic carbocycles. The summed E-state index contributed by atoms with van der Waals surface area (Å²) in [5, 5.41) is 9.44. The van der Waals surface area contributed by atoms with Gasteiger partial charge in [-0.15, -0.1) is 0 Å². The number of amides is 1. The second-order valence-electron chi connectivity index (χ2n) is 5.62. The van der Waals surface area contributed by atoms with Crippen molar-refractivity contribution in [3.8, 4) is 0 Å². The second kappa shape index (κ2) is 6.26. The molecule has 4 nitrogen and oxygen atoms in total. The molecule has 0 bridgehead atoms. The molecule has 0 aliphatic carbocycles. The number of piperazine rings is 1. The van der Waals surface area contributed by atoms with Crippen molar-refractivity contribution in [2.75, 3.05) is 26.2 Å². The number of nitrogens with zero attached hydrogens (tertiary/aromatic N) is 2. The average molecular weight is 316 g/mol. The highest BCUT2D eigenvalue weighted by Gasteiger charge is 2.57. The molecule has 2 rings (SSSR count). The summed E-state index contributed by atoms with van der Waals surface area (Å²) < 4.78 is 38.1. The molecule has 1 N–H and O–H groups in total. The zero-order valence-corrected chi connectivity index (χ0v) is 12.3. The number of hydrogen-bond donors (Lipinski definition) is 1. The van der Waals surface area contributed by atoms with Crippen LogP contribution in [0.15, 0.2) is 30.3 Å². The van der Waals surface area contributed by atoms with Gasteiger partial charge in [-0.05, 0) is 12.5 Å². The Morgan fingerprint density at radius 1 is 1.14 bits per heavy atom. The normalized spacial score (nSPS) is 19.8. The van der Waals surface area contributed by atoms with Crippen molar-refractivity contribution in [3.05, 3.63) is 35.9 Å². The van der Waals surface area contributed by atoms with Gasteiger partial charge < -0.3 is 10.0 Å². The highest BCUT2D eigenvalue weighted by Crippen LogP contribution is 2.31. The Bertz CT molecular complexity index is 509. The average Bonchev–Trinajstić information content (AvgIpc) is 2.47. The van der Waals surface area contributed by atoms with Gasteiger partial charge >= 0.3 is 6.18 Å². The summed E-state index contributed by atoms with van der Waals surface area (Å²) in [5.41, 5.74) is -2.21. The first kappa shape index (κ1) is 16.8. The van der Waals surface area contributed by atoms with E-state index in [1.165, 1.54) is 0 Å². The molecule has 1 aliphatic rings. The summed E-state index contributed by atoms with van der Waals surface area (Å²) in [5.74, 6) is -1.28. The van der Waals surface area contributed by atoms with Crippen LogP contribution in [-0.4, -0.2) is 58.8 Å². The van der Waals surface area contributed by atoms with Gasteiger partial charge in [0.05, 0.1) is 0 Å². The summed E-state index contributed by atoms with van der Waals surface area (Å²) in [6.45, 7) is 2.52. The van der Waals surface area contributed by atoms with Gasteiger partial charge in [0.1, 0.15) is 0 Å². The van der Waals surface area contributed by atoms with E-state index in [-0.39, 0.29) is 13.1 Å². The fourth-order valence-electron chi connectivity index (χ4n) is 2.38. The van der Waals surface area contributed by atoms with Crippen LogP contribution in [0.2, 0.25) is 0 Å². The summed E-state index contributed by atoms with van der Waals surface area (Å²) in [6, 6.07) is 9.72. The molecule has 7 heteroatoms. The molecule has 1 atom stereocenters. The van der Waals surface area contributed by atoms with E-state index in [1.54, 1.807) is 0 Å². The topological polar surface area (TPSA) is 43.8 Å². The number of alkyl halides is 3. The zero-order chi connectivity index (χ0) is 16.4. The number of aliphatic hydroxyl groups is 1. The van der Waals surface area contributed by atoms with Crippen molar-refractivity contribution in [2.45, 2.75) is 25.2 Å². The third-order valence-electron chi connectivity index (χ3n) is 3.88. The quantitative estimate of drug-likeness (QED) is 0.922. The van der Waals surface area contributed by atoms with Gasteiger partial charge in [-0.1, -0.05) is 30.3 Å². The fourth-order valence-corrected chi connectivity index (χ4v) is 2.38. The van der Waals surface area contributed by atoms with E-state index >= 15 is 0 Å². The lowest BCUT2D eigenvalue weighted by atomic mass is 10.0. The lowest BCUT2D eigenvalue weighted by Gasteiger charge is -2.38. The molecular weight excluding hydrogens is 297 g/mol. The molecule has 1 amide bonds. The first-order valence-electron chi connectivity index (χ1n) is 7.06. The van der Waals surface area contributed by atoms with E-state index in [1.807, 2.05) is 30.3 Å². The number of benzene rings is 1. The lowest BCUT2D eigenvalue weighted by molar-refractivity contribution is -0.250. The second-order valence-corrected chi connectivity index (χ2v) is 5.62. The fraction of sp³-hybridized carbons (Fsp3) is 0.533. The highest BCUT2D eigenvalue weighted by atomic mass is 19.4. The van der Waals surface area contributed by atoms with Gasteiger partial charge in [0, 0.05) is 32.7 Å². The van der Waals surface area contributed by atoms with Gasteiger partial charge in [0.15, 0.2) is 0 Å². The molecule has 1 fully saturated rings. The molecular formula is C15H19F3N2O2. The van der Waals surface area contributed by atoms with Gasteiger partial charge in [0.2, 0.25) is 5.60 Å². The van der Waals surface area contributed by atoms with E-state index in [0.717, 1.165) is 10.5 Å². The maximum Gasteiger partial charge on any atom is 0.426 e. The monoisotopic (exact) mass is 316 g/mol. The molecule has 0 saturated carbocycles. The molecule has 0 spiro atoms. The maximum absolute atomic E-state index is 12.7. The standard InChI is InChI=1S/C15H19F3N2O2/c1-14(22,15(16,17)18)13(21)20-9-7-19(8-10-20)11-12-5-3-2-4-6-12/h2-6,22H,7-11H2,1H3/t14-/m1/s1. The van der Waals surface area contributed by atoms with Crippen molar-refractivity contribution < 1.29 is 23.1 Å². The lowest BCUT2D eigenvalue weighted by Crippen LogP contribution is -2.59. The predicted molar refractivity (Wildman–Crippen MR) is 75.0 cm³/mol. The largest absolute Gasteiger partial charge is 0.426 e. The van der Waals surface area contributed by atoms with Crippen molar-refractivity contribution in [1.29, 1.82) is 0 Å². The maximum atomic E-state index is 12.7. The minimum atomic E-state index is -4.97. The zero-order valence-electron chi connectivity index (χ0n) is 12.3. The summed E-state index contributed by atoms with van der Waals surface area (Å²) >= 11 is 0. The Morgan fingerprint density at radius 2 is 1.68 bits per heavy atom. The predicted octanol–water partition coefficient (Wildman–Crippen LogP) is 1.64. The molecule has 1 aromatic rings. The van der Waals surface area contributed by atoms with Crippen LogP contribution in [-0.2, 0) is 11.3 Å². The number of halogens is 3. The van der Waals surface area contributed by atoms with E-state index in [4.69, 9.17) is 0 Å². The highest BCUT2D eigenvalue weighted by molar-refractivity contribution is 5.85. The molecule has 22 heavy (non-hydrogen) atoms. The van der Waals surface area contributed by atoms with Gasteiger partial charge in [-0.2, -0.15) is 13.2 Å². The van der Waals surface area contributed by atoms with Crippen LogP contribution in [0.3, 0.4) is 0 Å². The molecule has 0 aromatic heterocycles. The summed E-state index contributed by atoms with van der Waals surface area (Å²) in [6.07, 6.45) is -4.97. The molecule has 1 aliphatic heterocycles. The Kier molecular flexibility index (Phi) is 4.77. The van der Waals surface area contributed by atoms with Crippen molar-refractivity contribution >= 4 is 5.91 Å². The molecule has 122 valence electrons. The third-order valence-corrected chi connectivity index (χ3v) is 3.88. The Balaban J connectivity index is 1.91. The summed E-state index contributed by atoms with van der Waals surface area (Å²) in [4.78, 5) is 15.0. The number of hydrogen-bond acceptors (Lipinski definition) is 3. The summed E-state index contributed by atoms with van der Waals surface area (Å²) in [7, 11) is 0. The molecule has 1 heterocycles. The smallest absolute Gasteiger partial charge is 0.373 e. The van der Waals surface area contributed by atoms with Gasteiger partial charge in [0.25, 0.3) is 5.91 Å². The minimum Gasteiger partial charge on any atom is -0.373 e. The van der Waals surface area contributed by atoms with E-state index in [9.17, 15) is 23.1 Å². The number of rotatable bonds is 3. The van der Waals surface area contributed by atoms with Crippen LogP contribution in [0.1, 0.15) is 12.5 Å². The van der Waals surface area contributed by atoms with E-state index in [0.29, 0.717) is 26.6 Å². The number of carbonyl (C=O) groups is 1. The first-order valence-corrected chi connectivity index (χ1v) is 7.06. The van der Waals surface area contributed by atoms with Crippen LogP contribution in [0.25, 0.3) is 0 Å². The number of carbonyl (C=O) groups excluding carboxylic acids is 1.